The molecule has 1 aromatic heterocycles. The van der Waals surface area contributed by atoms with E-state index in [0.717, 1.165) is 28.7 Å². The molecule has 0 atom stereocenters. The van der Waals surface area contributed by atoms with Gasteiger partial charge in [0.05, 0.1) is 6.20 Å². The van der Waals surface area contributed by atoms with Crippen molar-refractivity contribution in [1.29, 1.82) is 0 Å². The van der Waals surface area contributed by atoms with Crippen LogP contribution in [0.2, 0.25) is 0 Å². The first-order chi connectivity index (χ1) is 10.1. The third-order valence-corrected chi connectivity index (χ3v) is 3.39. The molecule has 0 aliphatic heterocycles. The van der Waals surface area contributed by atoms with Crippen molar-refractivity contribution in [2.24, 2.45) is 0 Å². The normalized spacial score (nSPS) is 10.7. The Labute approximate surface area is 125 Å². The van der Waals surface area contributed by atoms with Gasteiger partial charge in [0.2, 0.25) is 0 Å². The molecule has 7 heteroatoms. The van der Waals surface area contributed by atoms with Gasteiger partial charge < -0.3 is 10.0 Å². The van der Waals surface area contributed by atoms with Gasteiger partial charge in [0.1, 0.15) is 4.88 Å². The summed E-state index contributed by atoms with van der Waals surface area (Å²) in [6.45, 7) is 0.458. The maximum absolute atomic E-state index is 12.0. The van der Waals surface area contributed by atoms with Gasteiger partial charge in [0, 0.05) is 19.7 Å². The van der Waals surface area contributed by atoms with Gasteiger partial charge in [0.25, 0.3) is 5.91 Å². The summed E-state index contributed by atoms with van der Waals surface area (Å²) in [5, 5.41) is 12.2. The number of carbonyl (C=O) groups is 2. The number of hydrogen-bond acceptors (Lipinski definition) is 5. The van der Waals surface area contributed by atoms with E-state index in [1.54, 1.807) is 24.1 Å². The van der Waals surface area contributed by atoms with Crippen molar-refractivity contribution >= 4 is 29.5 Å². The summed E-state index contributed by atoms with van der Waals surface area (Å²) in [6.07, 6.45) is 4.05. The number of nitrogens with zero attached hydrogens (tertiary/aromatic N) is 3. The molecule has 21 heavy (non-hydrogen) atoms. The molecule has 0 aliphatic carbocycles. The zero-order valence-corrected chi connectivity index (χ0v) is 12.1. The van der Waals surface area contributed by atoms with Crippen LogP contribution in [0.3, 0.4) is 0 Å². The summed E-state index contributed by atoms with van der Waals surface area (Å²) in [4.78, 5) is 24.5. The molecule has 0 spiro atoms. The molecule has 0 aliphatic rings. The fourth-order valence-electron chi connectivity index (χ4n) is 1.70. The number of carboxylic acids is 1. The van der Waals surface area contributed by atoms with Crippen molar-refractivity contribution in [3.8, 4) is 0 Å². The topological polar surface area (TPSA) is 83.4 Å². The Hall–Kier alpha value is -2.54. The summed E-state index contributed by atoms with van der Waals surface area (Å²) in [5.74, 6) is -1.11. The van der Waals surface area contributed by atoms with Crippen LogP contribution in [-0.2, 0) is 11.3 Å². The number of carboxylic acid groups (broad SMARTS) is 1. The number of aliphatic carboxylic acids is 1. The van der Waals surface area contributed by atoms with Crippen molar-refractivity contribution in [2.45, 2.75) is 6.54 Å². The first kappa shape index (κ1) is 14.9. The van der Waals surface area contributed by atoms with E-state index < -0.39 is 5.97 Å². The minimum absolute atomic E-state index is 0.125. The Bertz CT molecular complexity index is 651. The number of aromatic nitrogens is 2. The summed E-state index contributed by atoms with van der Waals surface area (Å²) < 4.78 is 3.67. The maximum atomic E-state index is 12.0. The second-order valence-electron chi connectivity index (χ2n) is 4.36. The van der Waals surface area contributed by atoms with E-state index in [4.69, 9.17) is 5.11 Å². The SMILES string of the molecule is CN(Cc1ccc(C=CC(=O)O)cc1)C(=O)c1cnns1. The highest BCUT2D eigenvalue weighted by Gasteiger charge is 2.14. The van der Waals surface area contributed by atoms with E-state index in [2.05, 4.69) is 9.59 Å². The van der Waals surface area contributed by atoms with Gasteiger partial charge in [0.15, 0.2) is 0 Å². The smallest absolute Gasteiger partial charge is 0.328 e. The van der Waals surface area contributed by atoms with Crippen molar-refractivity contribution in [1.82, 2.24) is 14.5 Å². The molecule has 0 radical (unpaired) electrons. The largest absolute Gasteiger partial charge is 0.478 e. The molecule has 0 saturated heterocycles. The quantitative estimate of drug-likeness (QED) is 0.853. The Morgan fingerprint density at radius 1 is 1.33 bits per heavy atom. The van der Waals surface area contributed by atoms with Crippen LogP contribution in [0.4, 0.5) is 0 Å². The van der Waals surface area contributed by atoms with Crippen molar-refractivity contribution < 1.29 is 14.7 Å². The highest BCUT2D eigenvalue weighted by atomic mass is 32.1. The van der Waals surface area contributed by atoms with E-state index >= 15 is 0 Å². The lowest BCUT2D eigenvalue weighted by molar-refractivity contribution is -0.131. The molecule has 0 fully saturated rings. The van der Waals surface area contributed by atoms with Crippen molar-refractivity contribution in [3.63, 3.8) is 0 Å². The zero-order valence-electron chi connectivity index (χ0n) is 11.3. The van der Waals surface area contributed by atoms with Crippen LogP contribution in [0, 0.1) is 0 Å². The third-order valence-electron chi connectivity index (χ3n) is 2.74. The minimum Gasteiger partial charge on any atom is -0.478 e. The number of amides is 1. The Balaban J connectivity index is 2.00. The molecule has 108 valence electrons. The first-order valence-corrected chi connectivity index (χ1v) is 6.86. The van der Waals surface area contributed by atoms with Gasteiger partial charge in [-0.3, -0.25) is 4.79 Å². The molecule has 2 aromatic rings. The maximum Gasteiger partial charge on any atom is 0.328 e. The molecular weight excluding hydrogens is 290 g/mol. The van der Waals surface area contributed by atoms with Gasteiger partial charge in [-0.2, -0.15) is 0 Å². The lowest BCUT2D eigenvalue weighted by Gasteiger charge is -2.15. The average Bonchev–Trinajstić information content (AvgIpc) is 2.99. The number of carbonyl (C=O) groups excluding carboxylic acids is 1. The van der Waals surface area contributed by atoms with Gasteiger partial charge in [-0.15, -0.1) is 5.10 Å². The number of benzene rings is 1. The fourth-order valence-corrected chi connectivity index (χ4v) is 2.21. The van der Waals surface area contributed by atoms with Crippen LogP contribution < -0.4 is 0 Å². The number of rotatable bonds is 5. The minimum atomic E-state index is -0.984. The van der Waals surface area contributed by atoms with Gasteiger partial charge in [-0.1, -0.05) is 28.8 Å². The fraction of sp³-hybridized carbons (Fsp3) is 0.143. The Kier molecular flexibility index (Phi) is 4.78. The monoisotopic (exact) mass is 303 g/mol. The molecular formula is C14H13N3O3S. The van der Waals surface area contributed by atoms with Gasteiger partial charge in [-0.25, -0.2) is 4.79 Å². The molecule has 0 saturated carbocycles. The molecule has 0 bridgehead atoms. The van der Waals surface area contributed by atoms with Crippen LogP contribution in [-0.4, -0.2) is 38.5 Å². The lowest BCUT2D eigenvalue weighted by Crippen LogP contribution is -2.25. The van der Waals surface area contributed by atoms with Crippen LogP contribution in [0.5, 0.6) is 0 Å². The predicted octanol–water partition coefficient (Wildman–Crippen LogP) is 1.91. The predicted molar refractivity (Wildman–Crippen MR) is 78.8 cm³/mol. The van der Waals surface area contributed by atoms with Crippen LogP contribution in [0.15, 0.2) is 36.5 Å². The highest BCUT2D eigenvalue weighted by Crippen LogP contribution is 2.11. The highest BCUT2D eigenvalue weighted by molar-refractivity contribution is 7.07. The first-order valence-electron chi connectivity index (χ1n) is 6.09. The zero-order chi connectivity index (χ0) is 15.2. The molecule has 2 rings (SSSR count). The molecule has 1 N–H and O–H groups in total. The van der Waals surface area contributed by atoms with E-state index in [0.29, 0.717) is 11.4 Å². The van der Waals surface area contributed by atoms with Crippen molar-refractivity contribution in [3.05, 3.63) is 52.5 Å². The van der Waals surface area contributed by atoms with E-state index in [1.807, 2.05) is 12.1 Å². The Morgan fingerprint density at radius 2 is 2.05 bits per heavy atom. The van der Waals surface area contributed by atoms with E-state index in [9.17, 15) is 9.59 Å². The van der Waals surface area contributed by atoms with Gasteiger partial charge in [-0.05, 0) is 28.7 Å². The summed E-state index contributed by atoms with van der Waals surface area (Å²) in [6, 6.07) is 7.33. The third kappa shape index (κ3) is 4.22. The number of hydrogen-bond donors (Lipinski definition) is 1. The summed E-state index contributed by atoms with van der Waals surface area (Å²) in [5.41, 5.74) is 1.75. The van der Waals surface area contributed by atoms with Crippen molar-refractivity contribution in [2.75, 3.05) is 7.05 Å². The van der Waals surface area contributed by atoms with E-state index in [-0.39, 0.29) is 5.91 Å². The average molecular weight is 303 g/mol. The summed E-state index contributed by atoms with van der Waals surface area (Å²) in [7, 11) is 1.71. The Morgan fingerprint density at radius 3 is 2.62 bits per heavy atom. The summed E-state index contributed by atoms with van der Waals surface area (Å²) >= 11 is 1.06. The van der Waals surface area contributed by atoms with Crippen LogP contribution in [0.1, 0.15) is 20.8 Å². The second kappa shape index (κ2) is 6.76. The van der Waals surface area contributed by atoms with Gasteiger partial charge >= 0.3 is 5.97 Å². The second-order valence-corrected chi connectivity index (χ2v) is 5.14. The standard InChI is InChI=1S/C14H13N3O3S/c1-17(14(20)12-8-15-16-21-12)9-11-4-2-10(3-5-11)6-7-13(18)19/h2-8H,9H2,1H3,(H,18,19). The van der Waals surface area contributed by atoms with Crippen LogP contribution in [0.25, 0.3) is 6.08 Å². The molecule has 1 heterocycles. The lowest BCUT2D eigenvalue weighted by atomic mass is 10.1. The molecule has 0 unspecified atom stereocenters. The molecule has 1 aromatic carbocycles. The van der Waals surface area contributed by atoms with E-state index in [1.165, 1.54) is 12.3 Å². The molecule has 6 nitrogen and oxygen atoms in total. The van der Waals surface area contributed by atoms with Crippen LogP contribution >= 0.6 is 11.5 Å². The molecule has 1 amide bonds.